The number of hydrogen-bond acceptors (Lipinski definition) is 2. The Kier molecular flexibility index (Phi) is 4.19. The van der Waals surface area contributed by atoms with E-state index in [1.54, 1.807) is 13.0 Å². The van der Waals surface area contributed by atoms with Gasteiger partial charge in [-0.05, 0) is 13.3 Å². The lowest BCUT2D eigenvalue weighted by Crippen LogP contribution is -1.97. The Morgan fingerprint density at radius 3 is 2.60 bits per heavy atom. The summed E-state index contributed by atoms with van der Waals surface area (Å²) in [6.07, 6.45) is 2.39. The highest BCUT2D eigenvalue weighted by Gasteiger charge is 1.98. The molecule has 0 aliphatic heterocycles. The summed E-state index contributed by atoms with van der Waals surface area (Å²) in [4.78, 5) is 10.2. The number of carboxylic acids is 1. The van der Waals surface area contributed by atoms with Gasteiger partial charge in [-0.15, -0.1) is 0 Å². The molecule has 0 aliphatic carbocycles. The third kappa shape index (κ3) is 4.44. The number of thiol groups is 1. The van der Waals surface area contributed by atoms with Crippen LogP contribution < -0.4 is 0 Å². The number of allylic oxidation sites excluding steroid dienone is 1. The molecule has 2 nitrogen and oxygen atoms in total. The van der Waals surface area contributed by atoms with Gasteiger partial charge in [0.05, 0.1) is 0 Å². The fraction of sp³-hybridized carbons (Fsp3) is 0.571. The van der Waals surface area contributed by atoms with Crippen LogP contribution in [0.1, 0.15) is 20.3 Å². The normalized spacial score (nSPS) is 14.9. The van der Waals surface area contributed by atoms with Gasteiger partial charge in [0.1, 0.15) is 0 Å². The summed E-state index contributed by atoms with van der Waals surface area (Å²) in [5.41, 5.74) is 0.390. The highest BCUT2D eigenvalue weighted by molar-refractivity contribution is 7.80. The lowest BCUT2D eigenvalue weighted by Gasteiger charge is -1.97. The van der Waals surface area contributed by atoms with Gasteiger partial charge in [-0.2, -0.15) is 12.6 Å². The molecule has 0 spiro atoms. The molecule has 1 atom stereocenters. The van der Waals surface area contributed by atoms with Crippen LogP contribution in [0.25, 0.3) is 0 Å². The van der Waals surface area contributed by atoms with E-state index in [0.717, 1.165) is 0 Å². The Labute approximate surface area is 66.4 Å². The molecular formula is C7H12O2S. The van der Waals surface area contributed by atoms with Crippen molar-refractivity contribution in [2.75, 3.05) is 0 Å². The average molecular weight is 160 g/mol. The number of rotatable bonds is 3. The van der Waals surface area contributed by atoms with Gasteiger partial charge in [-0.1, -0.05) is 13.0 Å². The van der Waals surface area contributed by atoms with Crippen molar-refractivity contribution in [3.8, 4) is 0 Å². The molecule has 1 unspecified atom stereocenters. The highest BCUT2D eigenvalue weighted by Crippen LogP contribution is 2.03. The minimum Gasteiger partial charge on any atom is -0.478 e. The van der Waals surface area contributed by atoms with E-state index in [1.165, 1.54) is 0 Å². The SMILES string of the molecule is C/C(=C\CC(C)S)C(=O)O. The Balaban J connectivity index is 3.81. The molecule has 10 heavy (non-hydrogen) atoms. The molecule has 0 aromatic heterocycles. The van der Waals surface area contributed by atoms with Gasteiger partial charge >= 0.3 is 5.97 Å². The molecule has 0 saturated heterocycles. The topological polar surface area (TPSA) is 37.3 Å². The molecule has 0 fully saturated rings. The number of carbonyl (C=O) groups is 1. The molecule has 3 heteroatoms. The van der Waals surface area contributed by atoms with Gasteiger partial charge in [-0.3, -0.25) is 0 Å². The summed E-state index contributed by atoms with van der Waals surface area (Å²) in [5, 5.41) is 8.63. The number of hydrogen-bond donors (Lipinski definition) is 2. The van der Waals surface area contributed by atoms with Crippen molar-refractivity contribution < 1.29 is 9.90 Å². The van der Waals surface area contributed by atoms with Crippen LogP contribution in [0.4, 0.5) is 0 Å². The van der Waals surface area contributed by atoms with Crippen molar-refractivity contribution in [2.24, 2.45) is 0 Å². The van der Waals surface area contributed by atoms with Gasteiger partial charge < -0.3 is 5.11 Å². The molecule has 0 aromatic rings. The third-order valence-electron chi connectivity index (χ3n) is 1.10. The maximum absolute atomic E-state index is 10.2. The zero-order valence-electron chi connectivity index (χ0n) is 6.16. The van der Waals surface area contributed by atoms with E-state index < -0.39 is 5.97 Å². The first-order valence-corrected chi connectivity index (χ1v) is 3.63. The van der Waals surface area contributed by atoms with Crippen molar-refractivity contribution in [3.05, 3.63) is 11.6 Å². The summed E-state index contributed by atoms with van der Waals surface area (Å²) >= 11 is 4.10. The van der Waals surface area contributed by atoms with Gasteiger partial charge in [0.25, 0.3) is 0 Å². The zero-order valence-corrected chi connectivity index (χ0v) is 7.06. The lowest BCUT2D eigenvalue weighted by molar-refractivity contribution is -0.132. The maximum Gasteiger partial charge on any atom is 0.330 e. The minimum absolute atomic E-state index is 0.231. The molecule has 0 aromatic carbocycles. The van der Waals surface area contributed by atoms with Crippen LogP contribution in [0, 0.1) is 0 Å². The second-order valence-corrected chi connectivity index (χ2v) is 3.16. The van der Waals surface area contributed by atoms with Crippen molar-refractivity contribution in [1.82, 2.24) is 0 Å². The molecular weight excluding hydrogens is 148 g/mol. The fourth-order valence-electron chi connectivity index (χ4n) is 0.435. The third-order valence-corrected chi connectivity index (χ3v) is 1.31. The standard InChI is InChI=1S/C7H12O2S/c1-5(7(8)9)3-4-6(2)10/h3,6,10H,4H2,1-2H3,(H,8,9)/b5-3+. The predicted molar refractivity (Wildman–Crippen MR) is 44.5 cm³/mol. The van der Waals surface area contributed by atoms with Crippen LogP contribution in [-0.2, 0) is 4.79 Å². The number of aliphatic carboxylic acids is 1. The van der Waals surface area contributed by atoms with Crippen LogP contribution in [0.15, 0.2) is 11.6 Å². The Morgan fingerprint density at radius 2 is 2.30 bits per heavy atom. The van der Waals surface area contributed by atoms with Crippen LogP contribution in [-0.4, -0.2) is 16.3 Å². The molecule has 0 amide bonds. The summed E-state index contributed by atoms with van der Waals surface area (Å²) in [6.45, 7) is 3.51. The first-order valence-electron chi connectivity index (χ1n) is 3.12. The van der Waals surface area contributed by atoms with E-state index in [1.807, 2.05) is 6.92 Å². The van der Waals surface area contributed by atoms with Crippen LogP contribution in [0.2, 0.25) is 0 Å². The molecule has 0 bridgehead atoms. The van der Waals surface area contributed by atoms with Gasteiger partial charge in [0.15, 0.2) is 0 Å². The average Bonchev–Trinajstić information content (AvgIpc) is 1.82. The molecule has 0 rings (SSSR count). The highest BCUT2D eigenvalue weighted by atomic mass is 32.1. The van der Waals surface area contributed by atoms with Crippen molar-refractivity contribution in [1.29, 1.82) is 0 Å². The first kappa shape index (κ1) is 9.56. The van der Waals surface area contributed by atoms with Crippen LogP contribution in [0.5, 0.6) is 0 Å². The van der Waals surface area contributed by atoms with E-state index >= 15 is 0 Å². The second-order valence-electron chi connectivity index (χ2n) is 2.28. The van der Waals surface area contributed by atoms with Crippen LogP contribution >= 0.6 is 12.6 Å². The molecule has 0 heterocycles. The van der Waals surface area contributed by atoms with E-state index in [-0.39, 0.29) is 5.25 Å². The summed E-state index contributed by atoms with van der Waals surface area (Å²) in [7, 11) is 0. The van der Waals surface area contributed by atoms with E-state index in [2.05, 4.69) is 12.6 Å². The zero-order chi connectivity index (χ0) is 8.15. The van der Waals surface area contributed by atoms with Crippen molar-refractivity contribution in [2.45, 2.75) is 25.5 Å². The van der Waals surface area contributed by atoms with Gasteiger partial charge in [0.2, 0.25) is 0 Å². The Morgan fingerprint density at radius 1 is 1.80 bits per heavy atom. The van der Waals surface area contributed by atoms with Crippen molar-refractivity contribution >= 4 is 18.6 Å². The lowest BCUT2D eigenvalue weighted by atomic mass is 10.2. The molecule has 58 valence electrons. The molecule has 0 radical (unpaired) electrons. The van der Waals surface area contributed by atoms with Gasteiger partial charge in [-0.25, -0.2) is 4.79 Å². The molecule has 0 saturated carbocycles. The quantitative estimate of drug-likeness (QED) is 0.487. The summed E-state index contributed by atoms with van der Waals surface area (Å²) in [6, 6.07) is 0. The van der Waals surface area contributed by atoms with E-state index in [9.17, 15) is 4.79 Å². The van der Waals surface area contributed by atoms with Crippen molar-refractivity contribution in [3.63, 3.8) is 0 Å². The summed E-state index contributed by atoms with van der Waals surface area (Å²) in [5.74, 6) is -0.853. The fourth-order valence-corrected chi connectivity index (χ4v) is 0.540. The smallest absolute Gasteiger partial charge is 0.330 e. The predicted octanol–water partition coefficient (Wildman–Crippen LogP) is 1.73. The Hall–Kier alpha value is -0.440. The van der Waals surface area contributed by atoms with E-state index in [0.29, 0.717) is 12.0 Å². The summed E-state index contributed by atoms with van der Waals surface area (Å²) < 4.78 is 0. The maximum atomic E-state index is 10.2. The minimum atomic E-state index is -0.853. The second kappa shape index (κ2) is 4.39. The first-order chi connectivity index (χ1) is 4.54. The monoisotopic (exact) mass is 160 g/mol. The molecule has 1 N–H and O–H groups in total. The van der Waals surface area contributed by atoms with Crippen LogP contribution in [0.3, 0.4) is 0 Å². The largest absolute Gasteiger partial charge is 0.478 e. The van der Waals surface area contributed by atoms with E-state index in [4.69, 9.17) is 5.11 Å². The number of carboxylic acid groups (broad SMARTS) is 1. The Bertz CT molecular complexity index is 150. The molecule has 0 aliphatic rings. The van der Waals surface area contributed by atoms with Gasteiger partial charge in [0, 0.05) is 10.8 Å².